The number of hydrogen-bond acceptors (Lipinski definition) is 1. The first-order chi connectivity index (χ1) is 7.34. The molecule has 0 bridgehead atoms. The first-order valence-electron chi connectivity index (χ1n) is 6.03. The van der Waals surface area contributed by atoms with Gasteiger partial charge in [-0.05, 0) is 38.4 Å². The molecule has 1 aromatic heterocycles. The van der Waals surface area contributed by atoms with Gasteiger partial charge in [-0.3, -0.25) is 4.90 Å². The molecule has 0 aliphatic carbocycles. The van der Waals surface area contributed by atoms with E-state index in [2.05, 4.69) is 40.9 Å². The van der Waals surface area contributed by atoms with E-state index >= 15 is 0 Å². The fourth-order valence-electron chi connectivity index (χ4n) is 2.12. The number of likely N-dealkylation sites (tertiary alicyclic amines) is 1. The summed E-state index contributed by atoms with van der Waals surface area (Å²) < 4.78 is 2.28. The standard InChI is InChI=1S/C13H21N2/c1-13-5-9-15(10-6-13)12-11-14-7-3-2-4-8-14/h5-6,9-10H,2-4,7-8,11-12H2,1H3/q+1. The average molecular weight is 205 g/mol. The van der Waals surface area contributed by atoms with Gasteiger partial charge in [0.15, 0.2) is 18.9 Å². The van der Waals surface area contributed by atoms with Gasteiger partial charge in [-0.25, -0.2) is 4.57 Å². The molecule has 2 heteroatoms. The Balaban J connectivity index is 1.79. The van der Waals surface area contributed by atoms with Crippen LogP contribution >= 0.6 is 0 Å². The van der Waals surface area contributed by atoms with Gasteiger partial charge in [-0.15, -0.1) is 0 Å². The van der Waals surface area contributed by atoms with Crippen LogP contribution in [0, 0.1) is 6.92 Å². The molecular weight excluding hydrogens is 184 g/mol. The fourth-order valence-corrected chi connectivity index (χ4v) is 2.12. The molecule has 0 spiro atoms. The van der Waals surface area contributed by atoms with E-state index in [0.717, 1.165) is 6.54 Å². The van der Waals surface area contributed by atoms with Crippen molar-refractivity contribution in [2.24, 2.45) is 0 Å². The van der Waals surface area contributed by atoms with Crippen LogP contribution in [0.25, 0.3) is 0 Å². The number of aryl methyl sites for hydroxylation is 1. The maximum atomic E-state index is 2.58. The quantitative estimate of drug-likeness (QED) is 0.682. The highest BCUT2D eigenvalue weighted by Crippen LogP contribution is 2.07. The van der Waals surface area contributed by atoms with Gasteiger partial charge < -0.3 is 0 Å². The smallest absolute Gasteiger partial charge is 0.169 e. The van der Waals surface area contributed by atoms with Crippen molar-refractivity contribution in [3.8, 4) is 0 Å². The van der Waals surface area contributed by atoms with Crippen molar-refractivity contribution in [1.82, 2.24) is 4.90 Å². The van der Waals surface area contributed by atoms with Crippen LogP contribution < -0.4 is 4.57 Å². The first kappa shape index (κ1) is 10.6. The van der Waals surface area contributed by atoms with Crippen LogP contribution in [-0.4, -0.2) is 24.5 Å². The second-order valence-corrected chi connectivity index (χ2v) is 4.52. The molecule has 2 nitrogen and oxygen atoms in total. The van der Waals surface area contributed by atoms with E-state index < -0.39 is 0 Å². The summed E-state index contributed by atoms with van der Waals surface area (Å²) in [6, 6.07) is 4.35. The van der Waals surface area contributed by atoms with Crippen LogP contribution in [0.15, 0.2) is 24.5 Å². The molecule has 1 aromatic rings. The molecule has 0 aromatic carbocycles. The summed E-state index contributed by atoms with van der Waals surface area (Å²) in [5.41, 5.74) is 1.34. The number of piperidine rings is 1. The Kier molecular flexibility index (Phi) is 3.73. The van der Waals surface area contributed by atoms with Gasteiger partial charge in [0.25, 0.3) is 0 Å². The third-order valence-corrected chi connectivity index (χ3v) is 3.18. The van der Waals surface area contributed by atoms with Gasteiger partial charge in [0.1, 0.15) is 0 Å². The van der Waals surface area contributed by atoms with E-state index in [0.29, 0.717) is 0 Å². The zero-order chi connectivity index (χ0) is 10.5. The molecule has 1 fully saturated rings. The summed E-state index contributed by atoms with van der Waals surface area (Å²) in [4.78, 5) is 2.58. The molecule has 2 heterocycles. The summed E-state index contributed by atoms with van der Waals surface area (Å²) >= 11 is 0. The molecule has 0 N–H and O–H groups in total. The van der Waals surface area contributed by atoms with Crippen LogP contribution in [0.4, 0.5) is 0 Å². The van der Waals surface area contributed by atoms with Gasteiger partial charge in [0, 0.05) is 12.1 Å². The molecule has 2 rings (SSSR count). The molecule has 1 aliphatic heterocycles. The molecule has 0 unspecified atom stereocenters. The number of rotatable bonds is 3. The third kappa shape index (κ3) is 3.31. The molecule has 1 aliphatic rings. The predicted octanol–water partition coefficient (Wildman–Crippen LogP) is 1.77. The molecule has 0 saturated carbocycles. The lowest BCUT2D eigenvalue weighted by Crippen LogP contribution is -2.41. The highest BCUT2D eigenvalue weighted by atomic mass is 15.1. The highest BCUT2D eigenvalue weighted by Gasteiger charge is 2.11. The van der Waals surface area contributed by atoms with Gasteiger partial charge in [0.2, 0.25) is 0 Å². The Hall–Kier alpha value is -0.890. The lowest BCUT2D eigenvalue weighted by molar-refractivity contribution is -0.696. The predicted molar refractivity (Wildman–Crippen MR) is 61.7 cm³/mol. The second-order valence-electron chi connectivity index (χ2n) is 4.52. The summed E-state index contributed by atoms with van der Waals surface area (Å²) in [6.45, 7) is 7.06. The number of aromatic nitrogens is 1. The highest BCUT2D eigenvalue weighted by molar-refractivity contribution is 5.03. The lowest BCUT2D eigenvalue weighted by Gasteiger charge is -2.24. The van der Waals surface area contributed by atoms with Crippen molar-refractivity contribution in [1.29, 1.82) is 0 Å². The Labute approximate surface area is 92.5 Å². The van der Waals surface area contributed by atoms with E-state index in [9.17, 15) is 0 Å². The van der Waals surface area contributed by atoms with E-state index in [-0.39, 0.29) is 0 Å². The summed E-state index contributed by atoms with van der Waals surface area (Å²) in [5.74, 6) is 0. The monoisotopic (exact) mass is 205 g/mol. The minimum atomic E-state index is 1.13. The molecule has 82 valence electrons. The summed E-state index contributed by atoms with van der Waals surface area (Å²) in [5, 5.41) is 0. The summed E-state index contributed by atoms with van der Waals surface area (Å²) in [7, 11) is 0. The van der Waals surface area contributed by atoms with Crippen LogP contribution in [0.1, 0.15) is 24.8 Å². The fraction of sp³-hybridized carbons (Fsp3) is 0.615. The normalized spacial score (nSPS) is 17.9. The Morgan fingerprint density at radius 1 is 1.13 bits per heavy atom. The maximum Gasteiger partial charge on any atom is 0.169 e. The van der Waals surface area contributed by atoms with Crippen LogP contribution in [-0.2, 0) is 6.54 Å². The summed E-state index contributed by atoms with van der Waals surface area (Å²) in [6.07, 6.45) is 8.56. The zero-order valence-corrected chi connectivity index (χ0v) is 9.65. The Bertz CT molecular complexity index is 286. The number of hydrogen-bond donors (Lipinski definition) is 0. The lowest BCUT2D eigenvalue weighted by atomic mass is 10.1. The molecule has 1 saturated heterocycles. The average Bonchev–Trinajstić information content (AvgIpc) is 2.30. The van der Waals surface area contributed by atoms with E-state index in [1.807, 2.05) is 0 Å². The Morgan fingerprint density at radius 3 is 2.47 bits per heavy atom. The largest absolute Gasteiger partial charge is 0.297 e. The molecule has 0 radical (unpaired) electrons. The van der Waals surface area contributed by atoms with Crippen LogP contribution in [0.2, 0.25) is 0 Å². The van der Waals surface area contributed by atoms with Gasteiger partial charge >= 0.3 is 0 Å². The van der Waals surface area contributed by atoms with E-state index in [1.54, 1.807) is 0 Å². The maximum absolute atomic E-state index is 2.58. The number of pyridine rings is 1. The van der Waals surface area contributed by atoms with Crippen molar-refractivity contribution in [2.75, 3.05) is 19.6 Å². The molecule has 0 atom stereocenters. The minimum Gasteiger partial charge on any atom is -0.297 e. The minimum absolute atomic E-state index is 1.13. The molecule has 0 amide bonds. The van der Waals surface area contributed by atoms with Crippen molar-refractivity contribution in [3.63, 3.8) is 0 Å². The van der Waals surface area contributed by atoms with Gasteiger partial charge in [0.05, 0.1) is 6.54 Å². The van der Waals surface area contributed by atoms with Gasteiger partial charge in [-0.2, -0.15) is 0 Å². The third-order valence-electron chi connectivity index (χ3n) is 3.18. The second kappa shape index (κ2) is 5.26. The zero-order valence-electron chi connectivity index (χ0n) is 9.65. The van der Waals surface area contributed by atoms with Crippen molar-refractivity contribution in [2.45, 2.75) is 32.7 Å². The van der Waals surface area contributed by atoms with Crippen molar-refractivity contribution in [3.05, 3.63) is 30.1 Å². The van der Waals surface area contributed by atoms with Crippen LogP contribution in [0.5, 0.6) is 0 Å². The van der Waals surface area contributed by atoms with Crippen molar-refractivity contribution < 1.29 is 4.57 Å². The Morgan fingerprint density at radius 2 is 1.80 bits per heavy atom. The van der Waals surface area contributed by atoms with Gasteiger partial charge in [-0.1, -0.05) is 6.42 Å². The SMILES string of the molecule is Cc1cc[n+](CCN2CCCCC2)cc1. The van der Waals surface area contributed by atoms with E-state index in [4.69, 9.17) is 0 Å². The topological polar surface area (TPSA) is 7.12 Å². The first-order valence-corrected chi connectivity index (χ1v) is 6.03. The van der Waals surface area contributed by atoms with E-state index in [1.165, 1.54) is 44.5 Å². The molecule has 15 heavy (non-hydrogen) atoms. The number of nitrogens with zero attached hydrogens (tertiary/aromatic N) is 2. The molecular formula is C13H21N2+. The van der Waals surface area contributed by atoms with Crippen LogP contribution in [0.3, 0.4) is 0 Å². The van der Waals surface area contributed by atoms with Crippen molar-refractivity contribution >= 4 is 0 Å².